The summed E-state index contributed by atoms with van der Waals surface area (Å²) in [5, 5.41) is 18.4. The molecule has 2 atom stereocenters. The van der Waals surface area contributed by atoms with Crippen LogP contribution in [0.25, 0.3) is 10.1 Å². The summed E-state index contributed by atoms with van der Waals surface area (Å²) in [4.78, 5) is 19.1. The smallest absolute Gasteiger partial charge is 0.253 e. The number of nitrogens with zero attached hydrogens (tertiary/aromatic N) is 2. The number of aliphatic hydroxyl groups excluding tert-OH is 1. The van der Waals surface area contributed by atoms with Gasteiger partial charge in [0.2, 0.25) is 0 Å². The number of amides is 1. The first kappa shape index (κ1) is 16.7. The minimum Gasteiger partial charge on any atom is -0.390 e. The zero-order valence-electron chi connectivity index (χ0n) is 13.6. The van der Waals surface area contributed by atoms with Gasteiger partial charge in [-0.2, -0.15) is 0 Å². The van der Waals surface area contributed by atoms with Gasteiger partial charge in [-0.05, 0) is 12.5 Å². The zero-order chi connectivity index (χ0) is 17.2. The van der Waals surface area contributed by atoms with Crippen LogP contribution in [0.15, 0.2) is 40.5 Å². The molecule has 0 spiro atoms. The van der Waals surface area contributed by atoms with E-state index < -0.39 is 6.10 Å². The number of carbonyl (C=O) groups excluding carboxylic acids is 1. The molecule has 0 bridgehead atoms. The molecule has 0 radical (unpaired) electrons. The Morgan fingerprint density at radius 1 is 1.36 bits per heavy atom. The number of benzene rings is 1. The third-order valence-corrected chi connectivity index (χ3v) is 6.18. The van der Waals surface area contributed by atoms with Gasteiger partial charge in [0.1, 0.15) is 0 Å². The van der Waals surface area contributed by atoms with E-state index in [1.165, 1.54) is 0 Å². The van der Waals surface area contributed by atoms with E-state index in [2.05, 4.69) is 15.2 Å². The second-order valence-electron chi connectivity index (χ2n) is 6.30. The highest BCUT2D eigenvalue weighted by atomic mass is 32.1. The Morgan fingerprint density at radius 2 is 2.24 bits per heavy atom. The van der Waals surface area contributed by atoms with E-state index in [0.29, 0.717) is 12.1 Å². The Labute approximate surface area is 153 Å². The Hall–Kier alpha value is -1.80. The minimum absolute atomic E-state index is 0.102. The second-order valence-corrected chi connectivity index (χ2v) is 7.93. The van der Waals surface area contributed by atoms with Crippen molar-refractivity contribution < 1.29 is 9.90 Å². The summed E-state index contributed by atoms with van der Waals surface area (Å²) in [6.45, 7) is 2.13. The van der Waals surface area contributed by atoms with Crippen LogP contribution in [0.2, 0.25) is 0 Å². The number of β-amino-alcohol motifs (C(OH)–C–C–N with tert-alkyl or cyclic N) is 1. The fraction of sp³-hybridized carbons (Fsp3) is 0.333. The molecular weight excluding hydrogens is 354 g/mol. The molecule has 0 aliphatic carbocycles. The molecule has 25 heavy (non-hydrogen) atoms. The number of likely N-dealkylation sites (tertiary alicyclic amines) is 1. The highest BCUT2D eigenvalue weighted by Gasteiger charge is 2.29. The summed E-state index contributed by atoms with van der Waals surface area (Å²) < 4.78 is 1.10. The molecule has 0 saturated carbocycles. The van der Waals surface area contributed by atoms with Crippen LogP contribution in [0.5, 0.6) is 0 Å². The topological polar surface area (TPSA) is 65.5 Å². The van der Waals surface area contributed by atoms with Gasteiger partial charge in [0.15, 0.2) is 0 Å². The molecule has 2 N–H and O–H groups in total. The van der Waals surface area contributed by atoms with Crippen molar-refractivity contribution >= 4 is 38.7 Å². The van der Waals surface area contributed by atoms with Gasteiger partial charge < -0.3 is 10.4 Å². The molecule has 1 fully saturated rings. The maximum atomic E-state index is 12.6. The monoisotopic (exact) mass is 373 g/mol. The summed E-state index contributed by atoms with van der Waals surface area (Å²) in [6.07, 6.45) is 0.167. The van der Waals surface area contributed by atoms with E-state index in [0.717, 1.165) is 35.3 Å². The van der Waals surface area contributed by atoms with E-state index in [-0.39, 0.29) is 11.9 Å². The van der Waals surface area contributed by atoms with Gasteiger partial charge in [-0.3, -0.25) is 9.69 Å². The van der Waals surface area contributed by atoms with Crippen LogP contribution in [0.1, 0.15) is 22.5 Å². The predicted octanol–water partition coefficient (Wildman–Crippen LogP) is 2.72. The number of thiophene rings is 1. The third kappa shape index (κ3) is 3.59. The summed E-state index contributed by atoms with van der Waals surface area (Å²) >= 11 is 3.15. The van der Waals surface area contributed by atoms with Crippen LogP contribution in [0.3, 0.4) is 0 Å². The number of rotatable bonds is 4. The van der Waals surface area contributed by atoms with Crippen molar-refractivity contribution in [2.24, 2.45) is 0 Å². The molecule has 1 aliphatic rings. The van der Waals surface area contributed by atoms with E-state index in [4.69, 9.17) is 0 Å². The molecule has 3 heterocycles. The molecule has 3 aromatic rings. The van der Waals surface area contributed by atoms with Crippen molar-refractivity contribution in [3.05, 3.63) is 51.8 Å². The fourth-order valence-electron chi connectivity index (χ4n) is 3.25. The molecule has 2 aromatic heterocycles. The van der Waals surface area contributed by atoms with Gasteiger partial charge in [-0.15, -0.1) is 22.7 Å². The predicted molar refractivity (Wildman–Crippen MR) is 101 cm³/mol. The summed E-state index contributed by atoms with van der Waals surface area (Å²) in [7, 11) is 0. The molecule has 1 aromatic carbocycles. The van der Waals surface area contributed by atoms with Crippen LogP contribution >= 0.6 is 22.7 Å². The molecule has 5 nitrogen and oxygen atoms in total. The second kappa shape index (κ2) is 7.21. The Morgan fingerprint density at radius 3 is 3.04 bits per heavy atom. The van der Waals surface area contributed by atoms with Crippen molar-refractivity contribution in [2.45, 2.75) is 25.1 Å². The highest BCUT2D eigenvalue weighted by molar-refractivity contribution is 7.17. The molecule has 7 heteroatoms. The maximum Gasteiger partial charge on any atom is 0.253 e. The van der Waals surface area contributed by atoms with E-state index in [1.54, 1.807) is 22.7 Å². The van der Waals surface area contributed by atoms with Gasteiger partial charge in [-0.25, -0.2) is 4.98 Å². The van der Waals surface area contributed by atoms with Gasteiger partial charge in [0, 0.05) is 40.5 Å². The average Bonchev–Trinajstić information content (AvgIpc) is 3.26. The Kier molecular flexibility index (Phi) is 4.80. The van der Waals surface area contributed by atoms with Crippen LogP contribution in [-0.4, -0.2) is 46.1 Å². The minimum atomic E-state index is -0.568. The van der Waals surface area contributed by atoms with Gasteiger partial charge in [0.25, 0.3) is 5.91 Å². The number of carbonyl (C=O) groups is 1. The lowest BCUT2D eigenvalue weighted by Crippen LogP contribution is -2.53. The van der Waals surface area contributed by atoms with Crippen molar-refractivity contribution in [3.8, 4) is 0 Å². The summed E-state index contributed by atoms with van der Waals surface area (Å²) in [5.41, 5.74) is 3.55. The molecule has 1 amide bonds. The first-order valence-electron chi connectivity index (χ1n) is 8.25. The number of fused-ring (bicyclic) bond motifs is 1. The number of thiazole rings is 1. The van der Waals surface area contributed by atoms with Crippen molar-refractivity contribution in [2.75, 3.05) is 13.1 Å². The largest absolute Gasteiger partial charge is 0.390 e. The molecular formula is C18H19N3O2S2. The first-order chi connectivity index (χ1) is 12.2. The molecule has 130 valence electrons. The SMILES string of the molecule is O=C(N[C@@H]1CCN(Cc2cscn2)C[C@H]1O)c1csc2ccccc12. The maximum absolute atomic E-state index is 12.6. The summed E-state index contributed by atoms with van der Waals surface area (Å²) in [6, 6.07) is 7.69. The Bertz CT molecular complexity index is 862. The van der Waals surface area contributed by atoms with Gasteiger partial charge in [0.05, 0.1) is 28.9 Å². The number of piperidine rings is 1. The summed E-state index contributed by atoms with van der Waals surface area (Å²) in [5.74, 6) is -0.102. The highest BCUT2D eigenvalue weighted by Crippen LogP contribution is 2.26. The lowest BCUT2D eigenvalue weighted by Gasteiger charge is -2.35. The lowest BCUT2D eigenvalue weighted by molar-refractivity contribution is 0.0346. The van der Waals surface area contributed by atoms with Gasteiger partial charge in [-0.1, -0.05) is 18.2 Å². The first-order valence-corrected chi connectivity index (χ1v) is 10.1. The van der Waals surface area contributed by atoms with Crippen LogP contribution in [0, 0.1) is 0 Å². The van der Waals surface area contributed by atoms with Crippen molar-refractivity contribution in [1.29, 1.82) is 0 Å². The number of aliphatic hydroxyl groups is 1. The van der Waals surface area contributed by atoms with Crippen molar-refractivity contribution in [3.63, 3.8) is 0 Å². The standard InChI is InChI=1S/C18H19N3O2S2/c22-16-8-21(7-12-9-24-11-19-12)6-5-15(16)20-18(23)14-10-25-17-4-2-1-3-13(14)17/h1-4,9-11,15-16,22H,5-8H2,(H,20,23)/t15-,16-/m1/s1. The van der Waals surface area contributed by atoms with Crippen LogP contribution in [-0.2, 0) is 6.54 Å². The zero-order valence-corrected chi connectivity index (χ0v) is 15.2. The van der Waals surface area contributed by atoms with Crippen LogP contribution in [0.4, 0.5) is 0 Å². The van der Waals surface area contributed by atoms with Gasteiger partial charge >= 0.3 is 0 Å². The molecule has 1 aliphatic heterocycles. The number of hydrogen-bond acceptors (Lipinski definition) is 6. The van der Waals surface area contributed by atoms with E-state index >= 15 is 0 Å². The van der Waals surface area contributed by atoms with Crippen LogP contribution < -0.4 is 5.32 Å². The number of aromatic nitrogens is 1. The normalized spacial score (nSPS) is 21.5. The quantitative estimate of drug-likeness (QED) is 0.738. The molecule has 0 unspecified atom stereocenters. The number of hydrogen-bond donors (Lipinski definition) is 2. The van der Waals surface area contributed by atoms with E-state index in [1.807, 2.05) is 40.5 Å². The third-order valence-electron chi connectivity index (χ3n) is 4.58. The number of nitrogens with one attached hydrogen (secondary N) is 1. The van der Waals surface area contributed by atoms with E-state index in [9.17, 15) is 9.90 Å². The Balaban J connectivity index is 1.39. The average molecular weight is 374 g/mol. The van der Waals surface area contributed by atoms with Crippen molar-refractivity contribution in [1.82, 2.24) is 15.2 Å². The molecule has 4 rings (SSSR count). The lowest BCUT2D eigenvalue weighted by atomic mass is 10.0. The fourth-order valence-corrected chi connectivity index (χ4v) is 4.74. The molecule has 1 saturated heterocycles.